The van der Waals surface area contributed by atoms with E-state index in [9.17, 15) is 28.8 Å². The van der Waals surface area contributed by atoms with Crippen LogP contribution in [0.1, 0.15) is 96.0 Å². The van der Waals surface area contributed by atoms with Crippen molar-refractivity contribution in [3.63, 3.8) is 0 Å². The number of amides is 5. The maximum absolute atomic E-state index is 14.6. The van der Waals surface area contributed by atoms with Crippen LogP contribution in [0.15, 0.2) is 36.7 Å². The highest BCUT2D eigenvalue weighted by atomic mass is 32.2. The number of likely N-dealkylation sites (tertiary alicyclic amines) is 1. The molecule has 3 fully saturated rings. The minimum Gasteiger partial charge on any atom is -0.449 e. The van der Waals surface area contributed by atoms with Crippen LogP contribution >= 0.6 is 23.5 Å². The Morgan fingerprint density at radius 1 is 0.982 bits per heavy atom. The number of benzene rings is 1. The van der Waals surface area contributed by atoms with Gasteiger partial charge in [-0.2, -0.15) is 5.10 Å². The van der Waals surface area contributed by atoms with Crippen molar-refractivity contribution in [3.8, 4) is 0 Å². The lowest BCUT2D eigenvalue weighted by Gasteiger charge is -2.35. The van der Waals surface area contributed by atoms with Gasteiger partial charge in [-0.3, -0.25) is 29.1 Å². The van der Waals surface area contributed by atoms with Gasteiger partial charge < -0.3 is 30.9 Å². The van der Waals surface area contributed by atoms with Crippen molar-refractivity contribution in [3.05, 3.63) is 48.0 Å². The monoisotopic (exact) mass is 798 g/mol. The van der Waals surface area contributed by atoms with Gasteiger partial charge in [0.25, 0.3) is 5.91 Å². The average Bonchev–Trinajstić information content (AvgIpc) is 3.86. The first kappa shape index (κ1) is 42.0. The number of ketones is 1. The van der Waals surface area contributed by atoms with Crippen LogP contribution in [-0.4, -0.2) is 109 Å². The zero-order valence-corrected chi connectivity index (χ0v) is 33.5. The van der Waals surface area contributed by atoms with Gasteiger partial charge >= 0.3 is 6.09 Å². The zero-order chi connectivity index (χ0) is 39.4. The summed E-state index contributed by atoms with van der Waals surface area (Å²) in [5.74, 6) is -1.13. The van der Waals surface area contributed by atoms with E-state index < -0.39 is 64.4 Å². The molecule has 4 unspecified atom stereocenters. The van der Waals surface area contributed by atoms with Crippen molar-refractivity contribution in [2.75, 3.05) is 31.2 Å². The second-order valence-electron chi connectivity index (χ2n) is 14.8. The largest absolute Gasteiger partial charge is 0.449 e. The molecule has 2 aromatic rings. The summed E-state index contributed by atoms with van der Waals surface area (Å²) in [5.41, 5.74) is 0.735. The van der Waals surface area contributed by atoms with E-state index >= 15 is 0 Å². The Hall–Kier alpha value is -4.12. The molecule has 3 heterocycles. The van der Waals surface area contributed by atoms with Crippen molar-refractivity contribution in [2.24, 2.45) is 11.8 Å². The van der Waals surface area contributed by atoms with Gasteiger partial charge in [-0.15, -0.1) is 23.5 Å². The van der Waals surface area contributed by atoms with E-state index in [0.717, 1.165) is 55.6 Å². The first-order chi connectivity index (χ1) is 26.5. The van der Waals surface area contributed by atoms with Crippen molar-refractivity contribution in [1.82, 2.24) is 41.3 Å². The van der Waals surface area contributed by atoms with E-state index in [1.54, 1.807) is 28.4 Å². The highest BCUT2D eigenvalue weighted by Gasteiger charge is 2.52. The van der Waals surface area contributed by atoms with E-state index in [2.05, 4.69) is 36.4 Å². The molecule has 0 radical (unpaired) electrons. The molecule has 2 aliphatic heterocycles. The maximum Gasteiger partial charge on any atom is 0.407 e. The van der Waals surface area contributed by atoms with E-state index in [1.165, 1.54) is 6.33 Å². The minimum atomic E-state index is -1.18. The van der Waals surface area contributed by atoms with Crippen LogP contribution in [0, 0.1) is 11.8 Å². The number of hydrogen-bond acceptors (Lipinski definition) is 11. The number of H-pyrrole nitrogens is 1. The molecule has 3 aliphatic rings. The number of hydrogen-bond donors (Lipinski definition) is 5. The number of ether oxygens (including phenoxy) is 1. The van der Waals surface area contributed by atoms with Crippen LogP contribution in [0.3, 0.4) is 0 Å². The summed E-state index contributed by atoms with van der Waals surface area (Å²) >= 11 is 3.48. The molecule has 1 aromatic heterocycles. The van der Waals surface area contributed by atoms with Crippen LogP contribution in [0.4, 0.5) is 4.79 Å². The quantitative estimate of drug-likeness (QED) is 0.156. The summed E-state index contributed by atoms with van der Waals surface area (Å²) in [5, 5.41) is 17.5. The molecule has 1 spiro atoms. The smallest absolute Gasteiger partial charge is 0.407 e. The first-order valence-corrected chi connectivity index (χ1v) is 21.3. The Bertz CT molecular complexity index is 1620. The number of alkyl carbamates (subject to hydrolysis) is 1. The molecule has 55 heavy (non-hydrogen) atoms. The molecular formula is C38H54N8O7S2. The topological polar surface area (TPSA) is 205 Å². The molecule has 17 heteroatoms. The fourth-order valence-corrected chi connectivity index (χ4v) is 10.7. The number of carbonyl (C=O) groups is 6. The van der Waals surface area contributed by atoms with Gasteiger partial charge in [0, 0.05) is 13.0 Å². The summed E-state index contributed by atoms with van der Waals surface area (Å²) in [6.07, 6.45) is 7.19. The number of nitrogens with one attached hydrogen (secondary N) is 5. The summed E-state index contributed by atoms with van der Waals surface area (Å²) in [7, 11) is 0. The van der Waals surface area contributed by atoms with Gasteiger partial charge in [0.2, 0.25) is 23.5 Å². The Morgan fingerprint density at radius 3 is 2.36 bits per heavy atom. The van der Waals surface area contributed by atoms with E-state index in [0.29, 0.717) is 25.2 Å². The number of carbonyl (C=O) groups excluding carboxylic acids is 6. The van der Waals surface area contributed by atoms with Gasteiger partial charge in [-0.25, -0.2) is 9.78 Å². The minimum absolute atomic E-state index is 0.103. The van der Waals surface area contributed by atoms with Crippen LogP contribution in [-0.2, 0) is 28.7 Å². The predicted molar refractivity (Wildman–Crippen MR) is 210 cm³/mol. The van der Waals surface area contributed by atoms with Crippen LogP contribution < -0.4 is 21.3 Å². The fraction of sp³-hybridized carbons (Fsp3) is 0.632. The third-order valence-corrected chi connectivity index (χ3v) is 13.4. The molecule has 5 rings (SSSR count). The van der Waals surface area contributed by atoms with Crippen molar-refractivity contribution in [2.45, 2.75) is 107 Å². The van der Waals surface area contributed by atoms with Gasteiger partial charge in [-0.1, -0.05) is 76.8 Å². The molecule has 2 saturated heterocycles. The van der Waals surface area contributed by atoms with Gasteiger partial charge in [0.1, 0.15) is 24.5 Å². The average molecular weight is 799 g/mol. The Labute approximate surface area is 330 Å². The molecule has 1 aliphatic carbocycles. The number of aromatic nitrogens is 3. The summed E-state index contributed by atoms with van der Waals surface area (Å²) in [4.78, 5) is 87.3. The number of nitrogens with zero attached hydrogens (tertiary/aromatic N) is 3. The van der Waals surface area contributed by atoms with Gasteiger partial charge in [-0.05, 0) is 54.6 Å². The molecule has 1 aromatic carbocycles. The molecule has 5 amide bonds. The van der Waals surface area contributed by atoms with Crippen LogP contribution in [0.25, 0.3) is 0 Å². The van der Waals surface area contributed by atoms with Crippen molar-refractivity contribution >= 4 is 59.0 Å². The fourth-order valence-electron chi connectivity index (χ4n) is 7.32. The van der Waals surface area contributed by atoms with E-state index in [4.69, 9.17) is 4.74 Å². The van der Waals surface area contributed by atoms with Gasteiger partial charge in [0.15, 0.2) is 5.82 Å². The van der Waals surface area contributed by atoms with Crippen LogP contribution in [0.2, 0.25) is 0 Å². The Kier molecular flexibility index (Phi) is 15.4. The third-order valence-electron chi connectivity index (χ3n) is 10.1. The molecule has 0 bridgehead atoms. The second-order valence-corrected chi connectivity index (χ2v) is 18.1. The molecule has 4 atom stereocenters. The first-order valence-electron chi connectivity index (χ1n) is 19.3. The number of rotatable bonds is 16. The Balaban J connectivity index is 1.27. The molecule has 15 nitrogen and oxygen atoms in total. The summed E-state index contributed by atoms with van der Waals surface area (Å²) < 4.78 is 5.01. The molecule has 1 saturated carbocycles. The normalized spacial score (nSPS) is 19.9. The Morgan fingerprint density at radius 2 is 1.71 bits per heavy atom. The zero-order valence-electron chi connectivity index (χ0n) is 31.8. The highest BCUT2D eigenvalue weighted by Crippen LogP contribution is 2.50. The van der Waals surface area contributed by atoms with E-state index in [-0.39, 0.29) is 30.8 Å². The lowest BCUT2D eigenvalue weighted by atomic mass is 9.83. The number of thioether (sulfide) groups is 2. The number of aromatic amines is 1. The maximum atomic E-state index is 14.6. The lowest BCUT2D eigenvalue weighted by molar-refractivity contribution is -0.143. The van der Waals surface area contributed by atoms with Crippen LogP contribution in [0.5, 0.6) is 0 Å². The number of Topliss-reactive ketones (excluding diaryl/α,β-unsaturated/α-hetero) is 1. The molecule has 5 N–H and O–H groups in total. The van der Waals surface area contributed by atoms with Crippen molar-refractivity contribution in [1.29, 1.82) is 0 Å². The second kappa shape index (κ2) is 20.2. The standard InChI is InChI=1S/C38H54N8O7S2/c1-4-12-27(32(48)35(50)39-20-29(47)43-30(33-40-23-41-45-33)25-13-7-5-8-14-25)42-34(49)28-19-38(54-17-11-18-55-38)22-46(28)36(51)31(26-15-9-6-10-16-26)44-37(52)53-21-24(2)3/h5,7-8,13-14,23-24,26-28,30-31H,4,6,9-12,15-22H2,1-3H3,(H,39,50)(H,42,49)(H,43,47)(H,44,52)(H,40,41,45). The molecule has 300 valence electrons. The predicted octanol–water partition coefficient (Wildman–Crippen LogP) is 3.48. The van der Waals surface area contributed by atoms with Gasteiger partial charge in [0.05, 0.1) is 23.3 Å². The third kappa shape index (κ3) is 11.5. The molecular weight excluding hydrogens is 745 g/mol. The summed E-state index contributed by atoms with van der Waals surface area (Å²) in [6, 6.07) is 5.48. The lowest BCUT2D eigenvalue weighted by Crippen LogP contribution is -2.58. The SMILES string of the molecule is CCCC(NC(=O)C1CC2(CN1C(=O)C(NC(=O)OCC(C)C)C1CCCCC1)SCCCS2)C(=O)C(=O)NCC(=O)NC(c1ccccc1)c1ncn[nH]1. The highest BCUT2D eigenvalue weighted by molar-refractivity contribution is 8.18. The van der Waals surface area contributed by atoms with Crippen molar-refractivity contribution < 1.29 is 33.5 Å². The summed E-state index contributed by atoms with van der Waals surface area (Å²) in [6.45, 7) is 5.73. The van der Waals surface area contributed by atoms with E-state index in [1.807, 2.05) is 51.1 Å².